The van der Waals surface area contributed by atoms with Crippen molar-refractivity contribution in [3.63, 3.8) is 0 Å². The molecule has 0 aliphatic carbocycles. The predicted molar refractivity (Wildman–Crippen MR) is 75.0 cm³/mol. The molecule has 8 heteroatoms. The third-order valence-corrected chi connectivity index (χ3v) is 3.58. The van der Waals surface area contributed by atoms with Crippen molar-refractivity contribution < 1.29 is 13.2 Å². The molecule has 104 valence electrons. The van der Waals surface area contributed by atoms with Crippen LogP contribution in [0.4, 0.5) is 5.69 Å². The topological polar surface area (TPSA) is 102 Å². The molecule has 0 fully saturated rings. The summed E-state index contributed by atoms with van der Waals surface area (Å²) in [6.07, 6.45) is 1.34. The normalized spacial score (nSPS) is 11.1. The Morgan fingerprint density at radius 3 is 2.30 bits per heavy atom. The molecular formula is C12H10ClN3O3S. The number of hydrogen-bond donors (Lipinski definition) is 2. The summed E-state index contributed by atoms with van der Waals surface area (Å²) >= 11 is 5.63. The number of carbonyl (C=O) groups is 1. The first-order valence-electron chi connectivity index (χ1n) is 5.42. The monoisotopic (exact) mass is 311 g/mol. The van der Waals surface area contributed by atoms with Crippen LogP contribution in [0.3, 0.4) is 0 Å². The molecule has 0 spiro atoms. The maximum atomic E-state index is 11.9. The van der Waals surface area contributed by atoms with E-state index >= 15 is 0 Å². The number of aromatic nitrogens is 1. The summed E-state index contributed by atoms with van der Waals surface area (Å²) in [4.78, 5) is 15.6. The van der Waals surface area contributed by atoms with E-state index in [0.717, 1.165) is 0 Å². The van der Waals surface area contributed by atoms with Crippen LogP contribution in [0.15, 0.2) is 47.5 Å². The van der Waals surface area contributed by atoms with E-state index in [1.54, 1.807) is 0 Å². The molecule has 0 saturated heterocycles. The van der Waals surface area contributed by atoms with Crippen molar-refractivity contribution in [1.29, 1.82) is 0 Å². The van der Waals surface area contributed by atoms with E-state index in [1.807, 2.05) is 0 Å². The summed E-state index contributed by atoms with van der Waals surface area (Å²) in [7, 11) is -3.74. The first-order chi connectivity index (χ1) is 9.36. The van der Waals surface area contributed by atoms with Gasteiger partial charge in [0.05, 0.1) is 10.5 Å². The third-order valence-electron chi connectivity index (χ3n) is 2.43. The molecule has 1 amide bonds. The van der Waals surface area contributed by atoms with Crippen LogP contribution in [0.5, 0.6) is 0 Å². The smallest absolute Gasteiger partial charge is 0.257 e. The zero-order valence-corrected chi connectivity index (χ0v) is 11.6. The molecule has 0 unspecified atom stereocenters. The fraction of sp³-hybridized carbons (Fsp3) is 0. The zero-order chi connectivity index (χ0) is 14.8. The lowest BCUT2D eigenvalue weighted by atomic mass is 10.2. The van der Waals surface area contributed by atoms with Gasteiger partial charge in [0.25, 0.3) is 5.91 Å². The average molecular weight is 312 g/mol. The molecule has 1 aromatic carbocycles. The van der Waals surface area contributed by atoms with Crippen LogP contribution in [-0.4, -0.2) is 19.3 Å². The Morgan fingerprint density at radius 1 is 1.15 bits per heavy atom. The van der Waals surface area contributed by atoms with Crippen LogP contribution in [0.2, 0.25) is 5.15 Å². The van der Waals surface area contributed by atoms with E-state index in [1.165, 1.54) is 42.6 Å². The standard InChI is InChI=1S/C12H10ClN3O3S/c13-11-6-1-8(7-15-11)12(17)16-9-2-4-10(5-3-9)20(14,18)19/h1-7H,(H,16,17)(H2,14,18,19). The molecule has 0 atom stereocenters. The average Bonchev–Trinajstić information content (AvgIpc) is 2.39. The second-order valence-electron chi connectivity index (χ2n) is 3.89. The second-order valence-corrected chi connectivity index (χ2v) is 5.84. The molecule has 2 rings (SSSR count). The molecule has 2 aromatic rings. The van der Waals surface area contributed by atoms with E-state index in [0.29, 0.717) is 16.4 Å². The molecule has 1 aromatic heterocycles. The maximum Gasteiger partial charge on any atom is 0.257 e. The van der Waals surface area contributed by atoms with E-state index in [9.17, 15) is 13.2 Å². The third kappa shape index (κ3) is 3.53. The predicted octanol–water partition coefficient (Wildman–Crippen LogP) is 1.63. The van der Waals surface area contributed by atoms with Gasteiger partial charge in [-0.3, -0.25) is 4.79 Å². The number of amides is 1. The number of pyridine rings is 1. The Kier molecular flexibility index (Phi) is 4.03. The summed E-state index contributed by atoms with van der Waals surface area (Å²) in [6.45, 7) is 0. The number of primary sulfonamides is 1. The number of nitrogens with two attached hydrogens (primary N) is 1. The van der Waals surface area contributed by atoms with Gasteiger partial charge in [0.2, 0.25) is 10.0 Å². The fourth-order valence-electron chi connectivity index (χ4n) is 1.44. The van der Waals surface area contributed by atoms with Gasteiger partial charge in [0, 0.05) is 11.9 Å². The van der Waals surface area contributed by atoms with Gasteiger partial charge >= 0.3 is 0 Å². The minimum absolute atomic E-state index is 0.0244. The number of anilines is 1. The SMILES string of the molecule is NS(=O)(=O)c1ccc(NC(=O)c2ccc(Cl)nc2)cc1. The lowest BCUT2D eigenvalue weighted by Gasteiger charge is -2.05. The van der Waals surface area contributed by atoms with Crippen LogP contribution in [0.1, 0.15) is 10.4 Å². The van der Waals surface area contributed by atoms with Gasteiger partial charge in [-0.25, -0.2) is 18.5 Å². The Labute approximate surface area is 120 Å². The Bertz CT molecular complexity index is 728. The van der Waals surface area contributed by atoms with Crippen LogP contribution in [0, 0.1) is 0 Å². The molecule has 3 N–H and O–H groups in total. The van der Waals surface area contributed by atoms with Gasteiger partial charge in [-0.15, -0.1) is 0 Å². The lowest BCUT2D eigenvalue weighted by molar-refractivity contribution is 0.102. The van der Waals surface area contributed by atoms with Crippen molar-refractivity contribution in [2.24, 2.45) is 5.14 Å². The van der Waals surface area contributed by atoms with E-state index in [-0.39, 0.29) is 10.8 Å². The lowest BCUT2D eigenvalue weighted by Crippen LogP contribution is -2.14. The summed E-state index contributed by atoms with van der Waals surface area (Å²) in [5.74, 6) is -0.377. The van der Waals surface area contributed by atoms with E-state index in [2.05, 4.69) is 10.3 Å². The largest absolute Gasteiger partial charge is 0.322 e. The van der Waals surface area contributed by atoms with E-state index in [4.69, 9.17) is 16.7 Å². The summed E-state index contributed by atoms with van der Waals surface area (Å²) in [5, 5.41) is 7.87. The number of benzene rings is 1. The fourth-order valence-corrected chi connectivity index (χ4v) is 2.07. The first kappa shape index (κ1) is 14.4. The molecule has 0 bridgehead atoms. The van der Waals surface area contributed by atoms with Crippen LogP contribution >= 0.6 is 11.6 Å². The summed E-state index contributed by atoms with van der Waals surface area (Å²) in [5.41, 5.74) is 0.780. The van der Waals surface area contributed by atoms with Crippen LogP contribution in [0.25, 0.3) is 0 Å². The summed E-state index contributed by atoms with van der Waals surface area (Å²) < 4.78 is 22.2. The van der Waals surface area contributed by atoms with Crippen LogP contribution < -0.4 is 10.5 Å². The van der Waals surface area contributed by atoms with Crippen molar-refractivity contribution in [2.45, 2.75) is 4.90 Å². The van der Waals surface area contributed by atoms with Crippen molar-refractivity contribution >= 4 is 33.2 Å². The summed E-state index contributed by atoms with van der Waals surface area (Å²) in [6, 6.07) is 8.54. The molecule has 6 nitrogen and oxygen atoms in total. The van der Waals surface area contributed by atoms with Crippen LogP contribution in [-0.2, 0) is 10.0 Å². The highest BCUT2D eigenvalue weighted by atomic mass is 35.5. The second kappa shape index (κ2) is 5.58. The van der Waals surface area contributed by atoms with Gasteiger partial charge in [-0.05, 0) is 36.4 Å². The molecule has 1 heterocycles. The number of nitrogens with one attached hydrogen (secondary N) is 1. The Morgan fingerprint density at radius 2 is 1.80 bits per heavy atom. The minimum Gasteiger partial charge on any atom is -0.322 e. The molecular weight excluding hydrogens is 302 g/mol. The van der Waals surface area contributed by atoms with Crippen molar-refractivity contribution in [3.05, 3.63) is 53.3 Å². The van der Waals surface area contributed by atoms with Gasteiger partial charge in [-0.1, -0.05) is 11.6 Å². The highest BCUT2D eigenvalue weighted by Crippen LogP contribution is 2.14. The number of sulfonamides is 1. The van der Waals surface area contributed by atoms with Gasteiger partial charge < -0.3 is 5.32 Å². The first-order valence-corrected chi connectivity index (χ1v) is 7.34. The van der Waals surface area contributed by atoms with Crippen molar-refractivity contribution in [3.8, 4) is 0 Å². The van der Waals surface area contributed by atoms with Gasteiger partial charge in [-0.2, -0.15) is 0 Å². The molecule has 0 aliphatic rings. The Balaban J connectivity index is 2.14. The number of rotatable bonds is 3. The van der Waals surface area contributed by atoms with Crippen molar-refractivity contribution in [1.82, 2.24) is 4.98 Å². The van der Waals surface area contributed by atoms with Crippen molar-refractivity contribution in [2.75, 3.05) is 5.32 Å². The highest BCUT2D eigenvalue weighted by molar-refractivity contribution is 7.89. The number of halogens is 1. The van der Waals surface area contributed by atoms with E-state index < -0.39 is 10.0 Å². The quantitative estimate of drug-likeness (QED) is 0.841. The number of nitrogens with zero attached hydrogens (tertiary/aromatic N) is 1. The Hall–Kier alpha value is -1.96. The number of hydrogen-bond acceptors (Lipinski definition) is 4. The van der Waals surface area contributed by atoms with Gasteiger partial charge in [0.15, 0.2) is 0 Å². The molecule has 0 aliphatic heterocycles. The highest BCUT2D eigenvalue weighted by Gasteiger charge is 2.09. The molecule has 20 heavy (non-hydrogen) atoms. The zero-order valence-electron chi connectivity index (χ0n) is 10.1. The maximum absolute atomic E-state index is 11.9. The van der Waals surface area contributed by atoms with Gasteiger partial charge in [0.1, 0.15) is 5.15 Å². The molecule has 0 radical (unpaired) electrons. The molecule has 0 saturated carbocycles. The minimum atomic E-state index is -3.74. The number of carbonyl (C=O) groups excluding carboxylic acids is 1.